The van der Waals surface area contributed by atoms with E-state index in [1.807, 2.05) is 0 Å². The van der Waals surface area contributed by atoms with E-state index >= 15 is 0 Å². The SMILES string of the molecule is CNC(=O)c1cccc(C(=O)N2C[C@H]3COCC[C@@]3(C(=O)O)C2)c1. The van der Waals surface area contributed by atoms with E-state index in [4.69, 9.17) is 4.74 Å². The van der Waals surface area contributed by atoms with E-state index in [9.17, 15) is 19.5 Å². The molecule has 2 atom stereocenters. The molecule has 7 nitrogen and oxygen atoms in total. The van der Waals surface area contributed by atoms with Crippen molar-refractivity contribution in [2.45, 2.75) is 6.42 Å². The number of likely N-dealkylation sites (tertiary alicyclic amines) is 1. The number of fused-ring (bicyclic) bond motifs is 1. The molecule has 2 saturated heterocycles. The van der Waals surface area contributed by atoms with Crippen LogP contribution in [0.25, 0.3) is 0 Å². The Morgan fingerprint density at radius 2 is 2.08 bits per heavy atom. The number of carbonyl (C=O) groups is 3. The molecule has 2 aliphatic heterocycles. The van der Waals surface area contributed by atoms with Crippen LogP contribution in [0.15, 0.2) is 24.3 Å². The highest BCUT2D eigenvalue weighted by molar-refractivity contribution is 6.00. The van der Waals surface area contributed by atoms with Crippen LogP contribution >= 0.6 is 0 Å². The molecule has 2 N–H and O–H groups in total. The van der Waals surface area contributed by atoms with E-state index in [0.717, 1.165) is 0 Å². The number of carboxylic acid groups (broad SMARTS) is 1. The molecular weight excluding hydrogens is 312 g/mol. The van der Waals surface area contributed by atoms with E-state index in [1.165, 1.54) is 13.1 Å². The first kappa shape index (κ1) is 16.4. The second kappa shape index (κ2) is 6.24. The van der Waals surface area contributed by atoms with E-state index in [-0.39, 0.29) is 24.3 Å². The summed E-state index contributed by atoms with van der Waals surface area (Å²) in [4.78, 5) is 37.9. The molecule has 24 heavy (non-hydrogen) atoms. The maximum absolute atomic E-state index is 12.8. The van der Waals surface area contributed by atoms with Crippen molar-refractivity contribution in [1.29, 1.82) is 0 Å². The Labute approximate surface area is 139 Å². The molecule has 2 aliphatic rings. The molecule has 2 amide bonds. The van der Waals surface area contributed by atoms with Crippen molar-refractivity contribution in [3.8, 4) is 0 Å². The van der Waals surface area contributed by atoms with Crippen molar-refractivity contribution in [2.75, 3.05) is 33.4 Å². The summed E-state index contributed by atoms with van der Waals surface area (Å²) in [5.41, 5.74) is -0.140. The largest absolute Gasteiger partial charge is 0.481 e. The average Bonchev–Trinajstić information content (AvgIpc) is 3.01. The highest BCUT2D eigenvalue weighted by Gasteiger charge is 2.54. The number of amides is 2. The molecular formula is C17H20N2O5. The van der Waals surface area contributed by atoms with E-state index < -0.39 is 11.4 Å². The van der Waals surface area contributed by atoms with Gasteiger partial charge >= 0.3 is 5.97 Å². The molecule has 0 spiro atoms. The standard InChI is InChI=1S/C17H20N2O5/c1-18-14(20)11-3-2-4-12(7-11)15(21)19-8-13-9-24-6-5-17(13,10-19)16(22)23/h2-4,7,13H,5-6,8-10H2,1H3,(H,18,20)(H,22,23)/t13-,17+/m0/s1. The predicted octanol–water partition coefficient (Wildman–Crippen LogP) is 0.610. The third-order valence-corrected chi connectivity index (χ3v) is 5.02. The number of rotatable bonds is 3. The minimum atomic E-state index is -0.924. The van der Waals surface area contributed by atoms with Gasteiger partial charge in [-0.2, -0.15) is 0 Å². The Bertz CT molecular complexity index is 689. The van der Waals surface area contributed by atoms with Gasteiger partial charge in [-0.1, -0.05) is 6.07 Å². The predicted molar refractivity (Wildman–Crippen MR) is 84.7 cm³/mol. The molecule has 0 bridgehead atoms. The summed E-state index contributed by atoms with van der Waals surface area (Å²) in [5.74, 6) is -1.59. The van der Waals surface area contributed by atoms with Gasteiger partial charge in [-0.25, -0.2) is 0 Å². The fraction of sp³-hybridized carbons (Fsp3) is 0.471. The van der Waals surface area contributed by atoms with Crippen molar-refractivity contribution >= 4 is 17.8 Å². The number of nitrogens with zero attached hydrogens (tertiary/aromatic N) is 1. The normalized spacial score (nSPS) is 25.9. The maximum Gasteiger partial charge on any atom is 0.311 e. The topological polar surface area (TPSA) is 95.9 Å². The average molecular weight is 332 g/mol. The number of carboxylic acids is 1. The number of aliphatic carboxylic acids is 1. The van der Waals surface area contributed by atoms with Crippen LogP contribution in [0.5, 0.6) is 0 Å². The lowest BCUT2D eigenvalue weighted by atomic mass is 9.74. The molecule has 0 radical (unpaired) electrons. The summed E-state index contributed by atoms with van der Waals surface area (Å²) in [6.07, 6.45) is 0.412. The number of hydrogen-bond acceptors (Lipinski definition) is 4. The fourth-order valence-electron chi connectivity index (χ4n) is 3.57. The van der Waals surface area contributed by atoms with Crippen molar-refractivity contribution in [3.63, 3.8) is 0 Å². The molecule has 1 aromatic carbocycles. The molecule has 7 heteroatoms. The molecule has 0 aromatic heterocycles. The van der Waals surface area contributed by atoms with Crippen LogP contribution in [0, 0.1) is 11.3 Å². The van der Waals surface area contributed by atoms with Gasteiger partial charge < -0.3 is 20.1 Å². The van der Waals surface area contributed by atoms with Crippen LogP contribution in [0.2, 0.25) is 0 Å². The van der Waals surface area contributed by atoms with Gasteiger partial charge in [0.15, 0.2) is 0 Å². The van der Waals surface area contributed by atoms with Crippen LogP contribution < -0.4 is 5.32 Å². The van der Waals surface area contributed by atoms with Gasteiger partial charge in [0.25, 0.3) is 11.8 Å². The summed E-state index contributed by atoms with van der Waals surface area (Å²) in [7, 11) is 1.53. The first-order chi connectivity index (χ1) is 11.5. The van der Waals surface area contributed by atoms with Crippen molar-refractivity contribution in [1.82, 2.24) is 10.2 Å². The summed E-state index contributed by atoms with van der Waals surface area (Å²) >= 11 is 0. The first-order valence-corrected chi connectivity index (χ1v) is 7.90. The van der Waals surface area contributed by atoms with Crippen LogP contribution in [-0.4, -0.2) is 61.1 Å². The van der Waals surface area contributed by atoms with Gasteiger partial charge in [0.05, 0.1) is 12.0 Å². The third-order valence-electron chi connectivity index (χ3n) is 5.02. The molecule has 3 rings (SSSR count). The Morgan fingerprint density at radius 3 is 2.75 bits per heavy atom. The Morgan fingerprint density at radius 1 is 1.33 bits per heavy atom. The zero-order valence-electron chi connectivity index (χ0n) is 13.4. The van der Waals surface area contributed by atoms with Crippen molar-refractivity contribution in [2.24, 2.45) is 11.3 Å². The lowest BCUT2D eigenvalue weighted by molar-refractivity contribution is -0.157. The van der Waals surface area contributed by atoms with E-state index in [1.54, 1.807) is 23.1 Å². The summed E-state index contributed by atoms with van der Waals surface area (Å²) in [6, 6.07) is 6.46. The third kappa shape index (κ3) is 2.65. The second-order valence-corrected chi connectivity index (χ2v) is 6.33. The summed E-state index contributed by atoms with van der Waals surface area (Å²) in [5, 5.41) is 12.2. The number of nitrogens with one attached hydrogen (secondary N) is 1. The zero-order chi connectivity index (χ0) is 17.3. The Hall–Kier alpha value is -2.41. The maximum atomic E-state index is 12.8. The first-order valence-electron chi connectivity index (χ1n) is 7.90. The van der Waals surface area contributed by atoms with Crippen LogP contribution in [0.4, 0.5) is 0 Å². The van der Waals surface area contributed by atoms with E-state index in [2.05, 4.69) is 5.32 Å². The number of benzene rings is 1. The number of hydrogen-bond donors (Lipinski definition) is 2. The van der Waals surface area contributed by atoms with Gasteiger partial charge in [0, 0.05) is 43.8 Å². The monoisotopic (exact) mass is 332 g/mol. The van der Waals surface area contributed by atoms with Gasteiger partial charge in [-0.15, -0.1) is 0 Å². The fourth-order valence-corrected chi connectivity index (χ4v) is 3.57. The molecule has 2 heterocycles. The van der Waals surface area contributed by atoms with Gasteiger partial charge in [-0.05, 0) is 24.6 Å². The van der Waals surface area contributed by atoms with Crippen molar-refractivity contribution in [3.05, 3.63) is 35.4 Å². The zero-order valence-corrected chi connectivity index (χ0v) is 13.4. The van der Waals surface area contributed by atoms with Crippen LogP contribution in [0.3, 0.4) is 0 Å². The summed E-state index contributed by atoms with van der Waals surface area (Å²) < 4.78 is 5.40. The Balaban J connectivity index is 1.84. The molecule has 2 fully saturated rings. The second-order valence-electron chi connectivity index (χ2n) is 6.33. The highest BCUT2D eigenvalue weighted by atomic mass is 16.5. The number of carbonyl (C=O) groups excluding carboxylic acids is 2. The lowest BCUT2D eigenvalue weighted by Crippen LogP contribution is -2.45. The Kier molecular flexibility index (Phi) is 4.28. The molecule has 0 aliphatic carbocycles. The van der Waals surface area contributed by atoms with Crippen LogP contribution in [-0.2, 0) is 9.53 Å². The van der Waals surface area contributed by atoms with Gasteiger partial charge in [0.1, 0.15) is 0 Å². The minimum absolute atomic E-state index is 0.180. The summed E-state index contributed by atoms with van der Waals surface area (Å²) in [6.45, 7) is 1.29. The minimum Gasteiger partial charge on any atom is -0.481 e. The van der Waals surface area contributed by atoms with Gasteiger partial charge in [0.2, 0.25) is 0 Å². The molecule has 0 unspecified atom stereocenters. The van der Waals surface area contributed by atoms with Crippen molar-refractivity contribution < 1.29 is 24.2 Å². The lowest BCUT2D eigenvalue weighted by Gasteiger charge is -2.33. The van der Waals surface area contributed by atoms with Crippen LogP contribution in [0.1, 0.15) is 27.1 Å². The highest BCUT2D eigenvalue weighted by Crippen LogP contribution is 2.42. The number of ether oxygens (including phenoxy) is 1. The molecule has 0 saturated carbocycles. The molecule has 128 valence electrons. The smallest absolute Gasteiger partial charge is 0.311 e. The van der Waals surface area contributed by atoms with E-state index in [0.29, 0.717) is 37.3 Å². The van der Waals surface area contributed by atoms with Gasteiger partial charge in [-0.3, -0.25) is 14.4 Å². The quantitative estimate of drug-likeness (QED) is 0.845. The molecule has 1 aromatic rings.